The zero-order valence-electron chi connectivity index (χ0n) is 18.6. The third-order valence-corrected chi connectivity index (χ3v) is 7.53. The number of benzene rings is 2. The Morgan fingerprint density at radius 3 is 2.55 bits per heavy atom. The van der Waals surface area contributed by atoms with E-state index in [0.29, 0.717) is 17.2 Å². The number of carbonyl (C=O) groups is 1. The van der Waals surface area contributed by atoms with E-state index in [-0.39, 0.29) is 23.0 Å². The van der Waals surface area contributed by atoms with E-state index in [2.05, 4.69) is 26.0 Å². The van der Waals surface area contributed by atoms with Crippen LogP contribution >= 0.6 is 0 Å². The number of fused-ring (bicyclic) bond motifs is 3. The second-order valence-electron chi connectivity index (χ2n) is 9.78. The Kier molecular flexibility index (Phi) is 4.97. The van der Waals surface area contributed by atoms with Crippen LogP contribution in [-0.4, -0.2) is 43.2 Å². The van der Waals surface area contributed by atoms with E-state index in [1.165, 1.54) is 5.56 Å². The van der Waals surface area contributed by atoms with E-state index in [1.54, 1.807) is 7.11 Å². The van der Waals surface area contributed by atoms with Gasteiger partial charge in [0.25, 0.3) is 5.91 Å². The average Bonchev–Trinajstić information content (AvgIpc) is 2.79. The molecule has 3 heterocycles. The first-order valence-electron chi connectivity index (χ1n) is 11.2. The minimum atomic E-state index is -0.281. The van der Waals surface area contributed by atoms with E-state index >= 15 is 0 Å². The first-order valence-corrected chi connectivity index (χ1v) is 11.2. The van der Waals surface area contributed by atoms with Gasteiger partial charge in [0.2, 0.25) is 0 Å². The van der Waals surface area contributed by atoms with E-state index in [0.717, 1.165) is 44.7 Å². The Morgan fingerprint density at radius 2 is 1.77 bits per heavy atom. The van der Waals surface area contributed by atoms with Crippen molar-refractivity contribution in [2.24, 2.45) is 11.3 Å². The van der Waals surface area contributed by atoms with Crippen LogP contribution in [0.25, 0.3) is 0 Å². The van der Waals surface area contributed by atoms with Crippen molar-refractivity contribution in [3.8, 4) is 11.5 Å². The molecular formula is C26H31NO4. The fourth-order valence-electron chi connectivity index (χ4n) is 5.62. The average molecular weight is 422 g/mol. The Balaban J connectivity index is 1.31. The number of rotatable bonds is 2. The molecule has 5 heteroatoms. The van der Waals surface area contributed by atoms with E-state index in [1.807, 2.05) is 41.3 Å². The number of hydrogen-bond acceptors (Lipinski definition) is 4. The molecule has 2 aromatic carbocycles. The molecule has 1 amide bonds. The van der Waals surface area contributed by atoms with Gasteiger partial charge >= 0.3 is 0 Å². The summed E-state index contributed by atoms with van der Waals surface area (Å²) in [6.07, 6.45) is 3.05. The lowest BCUT2D eigenvalue weighted by Gasteiger charge is -2.54. The molecule has 0 aliphatic carbocycles. The summed E-state index contributed by atoms with van der Waals surface area (Å²) >= 11 is 0. The lowest BCUT2D eigenvalue weighted by Crippen LogP contribution is -2.54. The summed E-state index contributed by atoms with van der Waals surface area (Å²) < 4.78 is 18.4. The number of nitrogens with zero attached hydrogens (tertiary/aromatic N) is 1. The third kappa shape index (κ3) is 3.49. The number of likely N-dealkylation sites (tertiary alicyclic amines) is 1. The molecule has 0 saturated carbocycles. The molecule has 2 saturated heterocycles. The summed E-state index contributed by atoms with van der Waals surface area (Å²) in [6, 6.07) is 15.7. The number of carbonyl (C=O) groups excluding carboxylic acids is 1. The molecule has 0 radical (unpaired) electrons. The first kappa shape index (κ1) is 20.4. The van der Waals surface area contributed by atoms with Gasteiger partial charge in [-0.15, -0.1) is 0 Å². The largest absolute Gasteiger partial charge is 0.496 e. The second kappa shape index (κ2) is 7.56. The molecule has 2 atom stereocenters. The van der Waals surface area contributed by atoms with Crippen LogP contribution in [-0.2, 0) is 4.74 Å². The second-order valence-corrected chi connectivity index (χ2v) is 9.78. The van der Waals surface area contributed by atoms with Crippen molar-refractivity contribution >= 4 is 5.91 Å². The van der Waals surface area contributed by atoms with Crippen molar-refractivity contribution < 1.29 is 19.0 Å². The number of para-hydroxylation sites is 2. The van der Waals surface area contributed by atoms with Gasteiger partial charge in [-0.1, -0.05) is 30.3 Å². The van der Waals surface area contributed by atoms with Crippen LogP contribution in [0.4, 0.5) is 0 Å². The van der Waals surface area contributed by atoms with Gasteiger partial charge in [0.1, 0.15) is 17.1 Å². The van der Waals surface area contributed by atoms with Crippen molar-refractivity contribution in [1.29, 1.82) is 0 Å². The quantitative estimate of drug-likeness (QED) is 0.694. The number of amides is 1. The molecule has 5 nitrogen and oxygen atoms in total. The molecule has 164 valence electrons. The molecule has 31 heavy (non-hydrogen) atoms. The molecule has 0 N–H and O–H groups in total. The molecule has 1 spiro atoms. The van der Waals surface area contributed by atoms with Gasteiger partial charge in [-0.25, -0.2) is 0 Å². The maximum atomic E-state index is 13.1. The monoisotopic (exact) mass is 421 g/mol. The molecule has 3 aliphatic rings. The summed E-state index contributed by atoms with van der Waals surface area (Å²) in [5.41, 5.74) is 1.63. The topological polar surface area (TPSA) is 48.0 Å². The Hall–Kier alpha value is -2.53. The van der Waals surface area contributed by atoms with Crippen LogP contribution in [0.1, 0.15) is 55.1 Å². The summed E-state index contributed by atoms with van der Waals surface area (Å²) in [7, 11) is 1.61. The lowest BCUT2D eigenvalue weighted by molar-refractivity contribution is -0.173. The van der Waals surface area contributed by atoms with Crippen LogP contribution in [0.3, 0.4) is 0 Å². The van der Waals surface area contributed by atoms with Crippen LogP contribution < -0.4 is 9.47 Å². The zero-order chi connectivity index (χ0) is 21.6. The molecule has 0 bridgehead atoms. The zero-order valence-corrected chi connectivity index (χ0v) is 18.6. The fraction of sp³-hybridized carbons (Fsp3) is 0.500. The molecular weight excluding hydrogens is 390 g/mol. The molecule has 2 aromatic rings. The summed E-state index contributed by atoms with van der Waals surface area (Å²) in [4.78, 5) is 15.1. The SMILES string of the molecule is COc1ccccc1C(=O)N1CCC2(CC1)CO[C@@H]1c3ccccc3OC(C)(C)[C@H]1C2. The van der Waals surface area contributed by atoms with E-state index < -0.39 is 0 Å². The van der Waals surface area contributed by atoms with Gasteiger partial charge in [-0.3, -0.25) is 4.79 Å². The van der Waals surface area contributed by atoms with Gasteiger partial charge < -0.3 is 19.1 Å². The van der Waals surface area contributed by atoms with Gasteiger partial charge in [0.05, 0.1) is 25.4 Å². The highest BCUT2D eigenvalue weighted by Crippen LogP contribution is 2.55. The van der Waals surface area contributed by atoms with Crippen molar-refractivity contribution in [3.63, 3.8) is 0 Å². The van der Waals surface area contributed by atoms with E-state index in [9.17, 15) is 4.79 Å². The van der Waals surface area contributed by atoms with Gasteiger partial charge in [0.15, 0.2) is 0 Å². The van der Waals surface area contributed by atoms with E-state index in [4.69, 9.17) is 14.2 Å². The number of hydrogen-bond donors (Lipinski definition) is 0. The van der Waals surface area contributed by atoms with Gasteiger partial charge in [-0.05, 0) is 56.7 Å². The number of methoxy groups -OCH3 is 1. The highest BCUT2D eigenvalue weighted by Gasteiger charge is 2.52. The summed E-state index contributed by atoms with van der Waals surface area (Å²) in [6.45, 7) is 6.60. The van der Waals surface area contributed by atoms with Crippen LogP contribution in [0.15, 0.2) is 48.5 Å². The minimum absolute atomic E-state index is 0.0529. The van der Waals surface area contributed by atoms with Gasteiger partial charge in [-0.2, -0.15) is 0 Å². The van der Waals surface area contributed by atoms with Crippen LogP contribution in [0, 0.1) is 11.3 Å². The maximum absolute atomic E-state index is 13.1. The normalized spacial score (nSPS) is 25.8. The highest BCUT2D eigenvalue weighted by atomic mass is 16.5. The van der Waals surface area contributed by atoms with Crippen LogP contribution in [0.2, 0.25) is 0 Å². The predicted octanol–water partition coefficient (Wildman–Crippen LogP) is 4.87. The lowest BCUT2D eigenvalue weighted by atomic mass is 9.64. The molecule has 2 fully saturated rings. The standard InChI is InChI=1S/C26H31NO4/c1-25(2)20-16-26(17-30-23(20)18-8-4-7-11-22(18)31-25)12-14-27(15-13-26)24(28)19-9-5-6-10-21(19)29-3/h4-11,20,23H,12-17H2,1-3H3/t20-,23+/m0/s1. The highest BCUT2D eigenvalue weighted by molar-refractivity contribution is 5.97. The fourth-order valence-corrected chi connectivity index (χ4v) is 5.62. The smallest absolute Gasteiger partial charge is 0.257 e. The Bertz CT molecular complexity index is 977. The Morgan fingerprint density at radius 1 is 1.06 bits per heavy atom. The number of ether oxygens (including phenoxy) is 3. The molecule has 3 aliphatic heterocycles. The number of piperidine rings is 1. The van der Waals surface area contributed by atoms with Crippen molar-refractivity contribution in [1.82, 2.24) is 4.90 Å². The Labute approximate surface area is 184 Å². The predicted molar refractivity (Wildman–Crippen MR) is 119 cm³/mol. The summed E-state index contributed by atoms with van der Waals surface area (Å²) in [5.74, 6) is 1.93. The third-order valence-electron chi connectivity index (χ3n) is 7.53. The van der Waals surface area contributed by atoms with Gasteiger partial charge in [0, 0.05) is 24.6 Å². The molecule has 0 aromatic heterocycles. The molecule has 5 rings (SSSR count). The first-order chi connectivity index (χ1) is 14.9. The maximum Gasteiger partial charge on any atom is 0.257 e. The summed E-state index contributed by atoms with van der Waals surface area (Å²) in [5, 5.41) is 0. The van der Waals surface area contributed by atoms with Crippen molar-refractivity contribution in [2.75, 3.05) is 26.8 Å². The van der Waals surface area contributed by atoms with Crippen LogP contribution in [0.5, 0.6) is 11.5 Å². The molecule has 0 unspecified atom stereocenters. The van der Waals surface area contributed by atoms with Crippen molar-refractivity contribution in [2.45, 2.75) is 44.8 Å². The van der Waals surface area contributed by atoms with Crippen molar-refractivity contribution in [3.05, 3.63) is 59.7 Å². The minimum Gasteiger partial charge on any atom is -0.496 e.